The molecule has 0 radical (unpaired) electrons. The zero-order chi connectivity index (χ0) is 18.7. The monoisotopic (exact) mass is 359 g/mol. The van der Waals surface area contributed by atoms with Gasteiger partial charge in [-0.2, -0.15) is 0 Å². The lowest BCUT2D eigenvalue weighted by atomic mass is 9.97. The number of para-hydroxylation sites is 1. The number of aryl methyl sites for hydroxylation is 1. The minimum Gasteiger partial charge on any atom is -0.354 e. The molecule has 0 aromatic heterocycles. The van der Waals surface area contributed by atoms with E-state index < -0.39 is 0 Å². The van der Waals surface area contributed by atoms with Crippen molar-refractivity contribution in [1.82, 2.24) is 0 Å². The van der Waals surface area contributed by atoms with Crippen molar-refractivity contribution in [1.29, 1.82) is 0 Å². The number of unbranched alkanes of at least 4 members (excludes halogenated alkanes) is 6. The van der Waals surface area contributed by atoms with Crippen molar-refractivity contribution in [2.45, 2.75) is 70.8 Å². The molecule has 0 amide bonds. The van der Waals surface area contributed by atoms with Crippen LogP contribution in [0.25, 0.3) is 0 Å². The van der Waals surface area contributed by atoms with E-state index in [-0.39, 0.29) is 6.04 Å². The van der Waals surface area contributed by atoms with Gasteiger partial charge in [-0.15, -0.1) is 5.92 Å². The topological polar surface area (TPSA) is 3.24 Å². The van der Waals surface area contributed by atoms with E-state index in [1.807, 2.05) is 0 Å². The third-order valence-electron chi connectivity index (χ3n) is 5.47. The van der Waals surface area contributed by atoms with Crippen LogP contribution in [0.15, 0.2) is 54.6 Å². The van der Waals surface area contributed by atoms with Gasteiger partial charge in [-0.25, -0.2) is 0 Å². The standard InChI is InChI=1S/C26H33N/c1-2-3-4-5-6-7-8-12-20-25(23-16-10-9-11-17-23)27-22-15-19-24-18-13-14-21-26(24)27/h9-11,13-14,16-18,21,25H,2-8,15,19,22H2,1H3. The van der Waals surface area contributed by atoms with Gasteiger partial charge in [0.1, 0.15) is 6.04 Å². The molecule has 1 heteroatoms. The molecule has 1 aliphatic rings. The second-order valence-electron chi connectivity index (χ2n) is 7.58. The van der Waals surface area contributed by atoms with Crippen LogP contribution in [0.2, 0.25) is 0 Å². The summed E-state index contributed by atoms with van der Waals surface area (Å²) >= 11 is 0. The largest absolute Gasteiger partial charge is 0.354 e. The van der Waals surface area contributed by atoms with Crippen LogP contribution in [0.1, 0.15) is 75.5 Å². The molecule has 1 atom stereocenters. The van der Waals surface area contributed by atoms with Gasteiger partial charge in [0.2, 0.25) is 0 Å². The molecule has 27 heavy (non-hydrogen) atoms. The molecule has 3 rings (SSSR count). The van der Waals surface area contributed by atoms with Crippen molar-refractivity contribution in [2.24, 2.45) is 0 Å². The number of anilines is 1. The lowest BCUT2D eigenvalue weighted by Gasteiger charge is -2.35. The second kappa shape index (κ2) is 10.8. The molecule has 0 bridgehead atoms. The van der Waals surface area contributed by atoms with Crippen molar-refractivity contribution in [2.75, 3.05) is 11.4 Å². The minimum absolute atomic E-state index is 0.160. The molecule has 1 nitrogen and oxygen atoms in total. The summed E-state index contributed by atoms with van der Waals surface area (Å²) in [5, 5.41) is 0. The summed E-state index contributed by atoms with van der Waals surface area (Å²) in [4.78, 5) is 2.52. The Morgan fingerprint density at radius 2 is 1.63 bits per heavy atom. The van der Waals surface area contributed by atoms with Crippen molar-refractivity contribution in [3.8, 4) is 11.8 Å². The Hall–Kier alpha value is -2.20. The van der Waals surface area contributed by atoms with Crippen LogP contribution in [-0.2, 0) is 6.42 Å². The fourth-order valence-electron chi connectivity index (χ4n) is 3.97. The van der Waals surface area contributed by atoms with Crippen LogP contribution in [-0.4, -0.2) is 6.54 Å². The van der Waals surface area contributed by atoms with E-state index in [4.69, 9.17) is 0 Å². The highest BCUT2D eigenvalue weighted by atomic mass is 15.2. The summed E-state index contributed by atoms with van der Waals surface area (Å²) in [6.45, 7) is 3.36. The maximum Gasteiger partial charge on any atom is 0.116 e. The molecule has 0 saturated carbocycles. The molecular weight excluding hydrogens is 326 g/mol. The predicted octanol–water partition coefficient (Wildman–Crippen LogP) is 6.93. The van der Waals surface area contributed by atoms with E-state index in [0.717, 1.165) is 13.0 Å². The van der Waals surface area contributed by atoms with Crippen molar-refractivity contribution >= 4 is 5.69 Å². The highest BCUT2D eigenvalue weighted by Crippen LogP contribution is 2.33. The van der Waals surface area contributed by atoms with Gasteiger partial charge in [-0.1, -0.05) is 93.5 Å². The fourth-order valence-corrected chi connectivity index (χ4v) is 3.97. The van der Waals surface area contributed by atoms with Gasteiger partial charge in [-0.05, 0) is 36.5 Å². The number of hydrogen-bond donors (Lipinski definition) is 0. The first-order chi connectivity index (χ1) is 13.4. The second-order valence-corrected chi connectivity index (χ2v) is 7.58. The summed E-state index contributed by atoms with van der Waals surface area (Å²) in [6, 6.07) is 19.8. The smallest absolute Gasteiger partial charge is 0.116 e. The van der Waals surface area contributed by atoms with Crippen LogP contribution in [0.3, 0.4) is 0 Å². The molecule has 0 N–H and O–H groups in total. The van der Waals surface area contributed by atoms with E-state index >= 15 is 0 Å². The zero-order valence-electron chi connectivity index (χ0n) is 16.8. The molecule has 142 valence electrons. The molecule has 0 fully saturated rings. The maximum absolute atomic E-state index is 3.62. The average Bonchev–Trinajstić information content (AvgIpc) is 2.73. The first-order valence-electron chi connectivity index (χ1n) is 10.8. The molecule has 2 aromatic carbocycles. The molecule has 0 aliphatic carbocycles. The maximum atomic E-state index is 3.62. The van der Waals surface area contributed by atoms with E-state index in [1.54, 1.807) is 0 Å². The van der Waals surface area contributed by atoms with Crippen LogP contribution >= 0.6 is 0 Å². The normalized spacial score (nSPS) is 14.2. The summed E-state index contributed by atoms with van der Waals surface area (Å²) < 4.78 is 0. The van der Waals surface area contributed by atoms with E-state index in [1.165, 1.54) is 68.2 Å². The van der Waals surface area contributed by atoms with Crippen molar-refractivity contribution in [3.63, 3.8) is 0 Å². The SMILES string of the molecule is CCCCCCCCC#CC(c1ccccc1)N1CCCc2ccccc21. The number of fused-ring (bicyclic) bond motifs is 1. The number of hydrogen-bond acceptors (Lipinski definition) is 1. The van der Waals surface area contributed by atoms with Crippen LogP contribution in [0, 0.1) is 11.8 Å². The van der Waals surface area contributed by atoms with Gasteiger partial charge in [0.15, 0.2) is 0 Å². The Balaban J connectivity index is 1.70. The van der Waals surface area contributed by atoms with Crippen molar-refractivity contribution in [3.05, 3.63) is 65.7 Å². The molecule has 1 heterocycles. The first-order valence-corrected chi connectivity index (χ1v) is 10.8. The number of rotatable bonds is 8. The van der Waals surface area contributed by atoms with Crippen LogP contribution in [0.5, 0.6) is 0 Å². The predicted molar refractivity (Wildman–Crippen MR) is 117 cm³/mol. The molecule has 0 spiro atoms. The Morgan fingerprint density at radius 3 is 2.48 bits per heavy atom. The quantitative estimate of drug-likeness (QED) is 0.365. The molecule has 1 unspecified atom stereocenters. The van der Waals surface area contributed by atoms with Crippen LogP contribution < -0.4 is 4.90 Å². The highest BCUT2D eigenvalue weighted by molar-refractivity contribution is 5.58. The average molecular weight is 360 g/mol. The lowest BCUT2D eigenvalue weighted by Crippen LogP contribution is -2.32. The minimum atomic E-state index is 0.160. The number of nitrogens with zero attached hydrogens (tertiary/aromatic N) is 1. The fraction of sp³-hybridized carbons (Fsp3) is 0.462. The third kappa shape index (κ3) is 5.64. The molecule has 2 aromatic rings. The van der Waals surface area contributed by atoms with Gasteiger partial charge in [0.05, 0.1) is 0 Å². The van der Waals surface area contributed by atoms with Gasteiger partial charge in [-0.3, -0.25) is 0 Å². The molecular formula is C26H33N. The summed E-state index contributed by atoms with van der Waals surface area (Å²) in [5.74, 6) is 7.14. The van der Waals surface area contributed by atoms with Gasteiger partial charge in [0, 0.05) is 18.7 Å². The number of benzene rings is 2. The first kappa shape index (κ1) is 19.6. The highest BCUT2D eigenvalue weighted by Gasteiger charge is 2.23. The lowest BCUT2D eigenvalue weighted by molar-refractivity contribution is 0.613. The Morgan fingerprint density at radius 1 is 0.889 bits per heavy atom. The van der Waals surface area contributed by atoms with E-state index in [0.29, 0.717) is 0 Å². The summed E-state index contributed by atoms with van der Waals surface area (Å²) in [7, 11) is 0. The molecule has 0 saturated heterocycles. The van der Waals surface area contributed by atoms with Crippen molar-refractivity contribution < 1.29 is 0 Å². The van der Waals surface area contributed by atoms with E-state index in [9.17, 15) is 0 Å². The molecule has 1 aliphatic heterocycles. The van der Waals surface area contributed by atoms with Gasteiger partial charge in [0.25, 0.3) is 0 Å². The summed E-state index contributed by atoms with van der Waals surface area (Å²) in [6.07, 6.45) is 11.4. The summed E-state index contributed by atoms with van der Waals surface area (Å²) in [5.41, 5.74) is 4.14. The zero-order valence-corrected chi connectivity index (χ0v) is 16.8. The third-order valence-corrected chi connectivity index (χ3v) is 5.47. The van der Waals surface area contributed by atoms with Crippen LogP contribution in [0.4, 0.5) is 5.69 Å². The Bertz CT molecular complexity index is 738. The Kier molecular flexibility index (Phi) is 7.84. The Labute approximate surface area is 165 Å². The van der Waals surface area contributed by atoms with E-state index in [2.05, 4.69) is 78.3 Å². The van der Waals surface area contributed by atoms with Gasteiger partial charge >= 0.3 is 0 Å². The van der Waals surface area contributed by atoms with Gasteiger partial charge < -0.3 is 4.90 Å².